The lowest BCUT2D eigenvalue weighted by Gasteiger charge is -2.11. The maximum atomic E-state index is 12.6. The summed E-state index contributed by atoms with van der Waals surface area (Å²) in [6.45, 7) is 2.28. The lowest BCUT2D eigenvalue weighted by Crippen LogP contribution is -2.23. The third kappa shape index (κ3) is 3.55. The van der Waals surface area contributed by atoms with Gasteiger partial charge >= 0.3 is 0 Å². The van der Waals surface area contributed by atoms with Gasteiger partial charge < -0.3 is 5.32 Å². The van der Waals surface area contributed by atoms with Gasteiger partial charge in [-0.25, -0.2) is 0 Å². The van der Waals surface area contributed by atoms with Crippen molar-refractivity contribution in [2.24, 2.45) is 0 Å². The second-order valence-electron chi connectivity index (χ2n) is 6.24. The van der Waals surface area contributed by atoms with Gasteiger partial charge in [0.15, 0.2) is 5.65 Å². The Morgan fingerprint density at radius 2 is 1.81 bits per heavy atom. The first-order valence-corrected chi connectivity index (χ1v) is 8.93. The van der Waals surface area contributed by atoms with E-state index in [0.29, 0.717) is 17.1 Å². The maximum absolute atomic E-state index is 12.6. The number of fused-ring (bicyclic) bond motifs is 1. The van der Waals surface area contributed by atoms with Crippen molar-refractivity contribution in [1.82, 2.24) is 19.9 Å². The third-order valence-corrected chi connectivity index (χ3v) is 4.70. The zero-order valence-corrected chi connectivity index (χ0v) is 15.4. The van der Waals surface area contributed by atoms with Crippen LogP contribution in [0.4, 0.5) is 0 Å². The van der Waals surface area contributed by atoms with Gasteiger partial charge in [0.2, 0.25) is 0 Å². The Labute approximate surface area is 161 Å². The van der Waals surface area contributed by atoms with Crippen molar-refractivity contribution in [3.63, 3.8) is 0 Å². The van der Waals surface area contributed by atoms with E-state index in [2.05, 4.69) is 15.5 Å². The van der Waals surface area contributed by atoms with Gasteiger partial charge in [0.1, 0.15) is 5.82 Å². The van der Waals surface area contributed by atoms with Gasteiger partial charge in [0.05, 0.1) is 5.56 Å². The van der Waals surface area contributed by atoms with Crippen molar-refractivity contribution in [3.05, 3.63) is 88.8 Å². The number of carbonyl (C=O) groups excluding carboxylic acids is 1. The molecule has 2 heterocycles. The van der Waals surface area contributed by atoms with Crippen LogP contribution in [0.1, 0.15) is 21.7 Å². The molecule has 0 saturated carbocycles. The molecule has 2 aromatic carbocycles. The number of nitrogens with zero attached hydrogens (tertiary/aromatic N) is 3. The van der Waals surface area contributed by atoms with Crippen molar-refractivity contribution in [2.45, 2.75) is 13.5 Å². The molecule has 0 fully saturated rings. The highest BCUT2D eigenvalue weighted by Crippen LogP contribution is 2.25. The first kappa shape index (κ1) is 17.2. The number of pyridine rings is 1. The van der Waals surface area contributed by atoms with Crippen LogP contribution in [0.5, 0.6) is 0 Å². The summed E-state index contributed by atoms with van der Waals surface area (Å²) in [5, 5.41) is 11.7. The van der Waals surface area contributed by atoms with Gasteiger partial charge in [-0.15, -0.1) is 10.2 Å². The predicted molar refractivity (Wildman–Crippen MR) is 106 cm³/mol. The summed E-state index contributed by atoms with van der Waals surface area (Å²) in [5.41, 5.74) is 4.45. The number of benzene rings is 2. The lowest BCUT2D eigenvalue weighted by molar-refractivity contribution is 0.0950. The fourth-order valence-corrected chi connectivity index (χ4v) is 3.13. The standard InChI is InChI=1S/C21H17ClN4O/c1-14-24-25-20-11-8-17(13-26(14)20)21(27)23-12-16-4-2-3-5-19(16)15-6-9-18(22)10-7-15/h2-11,13H,12H2,1H3,(H,23,27). The smallest absolute Gasteiger partial charge is 0.253 e. The average Bonchev–Trinajstić information content (AvgIpc) is 3.07. The van der Waals surface area contributed by atoms with Gasteiger partial charge in [-0.3, -0.25) is 9.20 Å². The Balaban J connectivity index is 1.55. The molecule has 2 aromatic heterocycles. The number of aromatic nitrogens is 3. The number of amides is 1. The fraction of sp³-hybridized carbons (Fsp3) is 0.0952. The molecule has 0 unspecified atom stereocenters. The summed E-state index contributed by atoms with van der Waals surface area (Å²) in [4.78, 5) is 12.6. The molecule has 134 valence electrons. The molecule has 5 nitrogen and oxygen atoms in total. The van der Waals surface area contributed by atoms with Gasteiger partial charge in [-0.2, -0.15) is 0 Å². The van der Waals surface area contributed by atoms with E-state index in [9.17, 15) is 4.79 Å². The predicted octanol–water partition coefficient (Wildman–Crippen LogP) is 4.29. The topological polar surface area (TPSA) is 59.3 Å². The number of nitrogens with one attached hydrogen (secondary N) is 1. The molecule has 0 aliphatic rings. The molecule has 1 N–H and O–H groups in total. The van der Waals surface area contributed by atoms with Crippen LogP contribution in [0, 0.1) is 6.92 Å². The summed E-state index contributed by atoms with van der Waals surface area (Å²) in [5.74, 6) is 0.601. The third-order valence-electron chi connectivity index (χ3n) is 4.45. The van der Waals surface area contributed by atoms with Crippen LogP contribution in [-0.4, -0.2) is 20.5 Å². The van der Waals surface area contributed by atoms with Crippen LogP contribution in [0.2, 0.25) is 5.02 Å². The molecule has 0 aliphatic heterocycles. The molecule has 27 heavy (non-hydrogen) atoms. The monoisotopic (exact) mass is 376 g/mol. The quantitative estimate of drug-likeness (QED) is 0.578. The van der Waals surface area contributed by atoms with Gasteiger partial charge in [0, 0.05) is 17.8 Å². The highest BCUT2D eigenvalue weighted by Gasteiger charge is 2.10. The Morgan fingerprint density at radius 1 is 1.04 bits per heavy atom. The first-order chi connectivity index (χ1) is 13.1. The Morgan fingerprint density at radius 3 is 2.63 bits per heavy atom. The van der Waals surface area contributed by atoms with E-state index in [1.165, 1.54) is 0 Å². The molecule has 4 rings (SSSR count). The van der Waals surface area contributed by atoms with Crippen LogP contribution in [-0.2, 0) is 6.54 Å². The molecule has 0 atom stereocenters. The fourth-order valence-electron chi connectivity index (χ4n) is 3.00. The zero-order valence-electron chi connectivity index (χ0n) is 14.7. The van der Waals surface area contributed by atoms with E-state index in [4.69, 9.17) is 11.6 Å². The number of halogens is 1. The largest absolute Gasteiger partial charge is 0.348 e. The van der Waals surface area contributed by atoms with E-state index in [1.54, 1.807) is 22.7 Å². The van der Waals surface area contributed by atoms with E-state index >= 15 is 0 Å². The highest BCUT2D eigenvalue weighted by atomic mass is 35.5. The summed E-state index contributed by atoms with van der Waals surface area (Å²) in [7, 11) is 0. The number of hydrogen-bond donors (Lipinski definition) is 1. The van der Waals surface area contributed by atoms with Crippen molar-refractivity contribution in [1.29, 1.82) is 0 Å². The minimum absolute atomic E-state index is 0.143. The normalized spacial score (nSPS) is 10.9. The summed E-state index contributed by atoms with van der Waals surface area (Å²) in [6.07, 6.45) is 1.76. The average molecular weight is 377 g/mol. The molecule has 4 aromatic rings. The molecule has 0 bridgehead atoms. The van der Waals surface area contributed by atoms with Crippen molar-refractivity contribution in [3.8, 4) is 11.1 Å². The molecular formula is C21H17ClN4O. The molecule has 6 heteroatoms. The van der Waals surface area contributed by atoms with Crippen LogP contribution >= 0.6 is 11.6 Å². The minimum Gasteiger partial charge on any atom is -0.348 e. The Kier molecular flexibility index (Phi) is 4.60. The van der Waals surface area contributed by atoms with Crippen molar-refractivity contribution >= 4 is 23.2 Å². The van der Waals surface area contributed by atoms with E-state index < -0.39 is 0 Å². The SMILES string of the molecule is Cc1nnc2ccc(C(=O)NCc3ccccc3-c3ccc(Cl)cc3)cn12. The van der Waals surface area contributed by atoms with Gasteiger partial charge in [-0.1, -0.05) is 48.0 Å². The van der Waals surface area contributed by atoms with E-state index in [1.807, 2.05) is 55.5 Å². The molecule has 0 radical (unpaired) electrons. The van der Waals surface area contributed by atoms with Crippen molar-refractivity contribution < 1.29 is 4.79 Å². The van der Waals surface area contributed by atoms with Gasteiger partial charge in [0.25, 0.3) is 5.91 Å². The molecule has 0 saturated heterocycles. The number of hydrogen-bond acceptors (Lipinski definition) is 3. The number of rotatable bonds is 4. The summed E-state index contributed by atoms with van der Waals surface area (Å²) in [6, 6.07) is 19.2. The highest BCUT2D eigenvalue weighted by molar-refractivity contribution is 6.30. The van der Waals surface area contributed by atoms with Crippen LogP contribution in [0.25, 0.3) is 16.8 Å². The zero-order chi connectivity index (χ0) is 18.8. The van der Waals surface area contributed by atoms with Crippen LogP contribution in [0.3, 0.4) is 0 Å². The molecular weight excluding hydrogens is 360 g/mol. The van der Waals surface area contributed by atoms with Crippen LogP contribution < -0.4 is 5.32 Å². The van der Waals surface area contributed by atoms with Gasteiger partial charge in [-0.05, 0) is 47.9 Å². The van der Waals surface area contributed by atoms with Crippen molar-refractivity contribution in [2.75, 3.05) is 0 Å². The molecule has 1 amide bonds. The summed E-state index contributed by atoms with van der Waals surface area (Å²) < 4.78 is 1.80. The van der Waals surface area contributed by atoms with Crippen LogP contribution in [0.15, 0.2) is 66.9 Å². The maximum Gasteiger partial charge on any atom is 0.253 e. The molecule has 0 aliphatic carbocycles. The summed E-state index contributed by atoms with van der Waals surface area (Å²) >= 11 is 5.99. The lowest BCUT2D eigenvalue weighted by atomic mass is 9.99. The first-order valence-electron chi connectivity index (χ1n) is 8.55. The van der Waals surface area contributed by atoms with E-state index in [0.717, 1.165) is 28.2 Å². The Hall–Kier alpha value is -3.18. The second kappa shape index (κ2) is 7.21. The molecule has 0 spiro atoms. The Bertz CT molecular complexity index is 1120. The number of aryl methyl sites for hydroxylation is 1. The number of carbonyl (C=O) groups is 1. The minimum atomic E-state index is -0.143. The van der Waals surface area contributed by atoms with E-state index in [-0.39, 0.29) is 5.91 Å². The second-order valence-corrected chi connectivity index (χ2v) is 6.68.